The highest BCUT2D eigenvalue weighted by molar-refractivity contribution is 5.78. The summed E-state index contributed by atoms with van der Waals surface area (Å²) < 4.78 is 65.6. The lowest BCUT2D eigenvalue weighted by atomic mass is 10.1. The molecule has 0 aromatic carbocycles. The van der Waals surface area contributed by atoms with Gasteiger partial charge in [-0.2, -0.15) is 31.4 Å². The third-order valence-electron chi connectivity index (χ3n) is 5.50. The molecule has 1 fully saturated rings. The number of carbonyl (C=O) groups is 3. The van der Waals surface area contributed by atoms with Gasteiger partial charge < -0.3 is 15.1 Å². The first-order chi connectivity index (χ1) is 17.7. The van der Waals surface area contributed by atoms with Crippen LogP contribution in [0, 0.1) is 0 Å². The van der Waals surface area contributed by atoms with E-state index >= 15 is 0 Å². The van der Waals surface area contributed by atoms with Gasteiger partial charge in [0.05, 0.1) is 11.7 Å². The number of rotatable bonds is 5. The second-order valence-electron chi connectivity index (χ2n) is 8.32. The van der Waals surface area contributed by atoms with Crippen molar-refractivity contribution in [3.63, 3.8) is 0 Å². The summed E-state index contributed by atoms with van der Waals surface area (Å²) in [6, 6.07) is 6.58. The molecule has 1 atom stereocenters. The number of alkyl halides is 6. The van der Waals surface area contributed by atoms with E-state index in [1.54, 1.807) is 0 Å². The van der Waals surface area contributed by atoms with Gasteiger partial charge in [-0.1, -0.05) is 0 Å². The van der Waals surface area contributed by atoms with Gasteiger partial charge >= 0.3 is 24.3 Å². The number of nitrogens with zero attached hydrogens (tertiary/aromatic N) is 5. The summed E-state index contributed by atoms with van der Waals surface area (Å²) in [6.45, 7) is 4.57. The molecule has 0 bridgehead atoms. The molecule has 2 N–H and O–H groups in total. The predicted molar refractivity (Wildman–Crippen MR) is 117 cm³/mol. The largest absolute Gasteiger partial charge is 0.490 e. The molecule has 38 heavy (non-hydrogen) atoms. The Hall–Kier alpha value is -3.69. The van der Waals surface area contributed by atoms with Crippen molar-refractivity contribution in [1.29, 1.82) is 0 Å². The number of carboxylic acids is 2. The second-order valence-corrected chi connectivity index (χ2v) is 8.32. The Morgan fingerprint density at radius 3 is 2.05 bits per heavy atom. The van der Waals surface area contributed by atoms with Crippen LogP contribution in [0.5, 0.6) is 0 Å². The van der Waals surface area contributed by atoms with Crippen molar-refractivity contribution in [3.8, 4) is 0 Å². The van der Waals surface area contributed by atoms with Gasteiger partial charge in [0.1, 0.15) is 0 Å². The lowest BCUT2D eigenvalue weighted by Gasteiger charge is -2.34. The summed E-state index contributed by atoms with van der Waals surface area (Å²) in [5.41, 5.74) is 2.54. The average molecular weight is 553 g/mol. The number of fused-ring (bicyclic) bond motifs is 1. The van der Waals surface area contributed by atoms with Crippen molar-refractivity contribution >= 4 is 17.8 Å². The van der Waals surface area contributed by atoms with E-state index in [0.29, 0.717) is 18.4 Å². The molecule has 0 radical (unpaired) electrons. The van der Waals surface area contributed by atoms with Gasteiger partial charge in [0.2, 0.25) is 5.91 Å². The van der Waals surface area contributed by atoms with Crippen LogP contribution in [-0.2, 0) is 27.5 Å². The van der Waals surface area contributed by atoms with Crippen molar-refractivity contribution in [2.45, 2.75) is 50.7 Å². The van der Waals surface area contributed by atoms with E-state index in [1.165, 1.54) is 11.3 Å². The van der Waals surface area contributed by atoms with Gasteiger partial charge in [0.25, 0.3) is 0 Å². The number of carboxylic acid groups (broad SMARTS) is 2. The maximum Gasteiger partial charge on any atom is 0.490 e. The van der Waals surface area contributed by atoms with Crippen molar-refractivity contribution in [2.75, 3.05) is 19.6 Å². The zero-order chi connectivity index (χ0) is 28.5. The minimum absolute atomic E-state index is 0.306. The molecule has 2 aromatic heterocycles. The van der Waals surface area contributed by atoms with E-state index in [2.05, 4.69) is 37.9 Å². The van der Waals surface area contributed by atoms with Gasteiger partial charge in [-0.05, 0) is 36.6 Å². The standard InChI is InChI=1S/C18H23N5O.2C2HF3O2/c24-18-2-1-10-22(18)11-6-17-14-21(12-15-3-7-19-8-4-15)13-16-5-9-20-23(16)17;2*3-2(4,5)1(6)7/h3-5,7-9,17H,1-2,6,10-14H2;2*(H,6,7). The Labute approximate surface area is 212 Å². The SMILES string of the molecule is O=C(O)C(F)(F)F.O=C(O)C(F)(F)F.O=C1CCCN1CCC1CN(Cc2ccncc2)Cc2ccnn21. The van der Waals surface area contributed by atoms with Crippen LogP contribution in [-0.4, -0.2) is 84.6 Å². The van der Waals surface area contributed by atoms with Crippen LogP contribution >= 0.6 is 0 Å². The first-order valence-electron chi connectivity index (χ1n) is 11.2. The fourth-order valence-corrected chi connectivity index (χ4v) is 3.79. The fourth-order valence-electron chi connectivity index (χ4n) is 3.79. The van der Waals surface area contributed by atoms with Gasteiger partial charge in [0, 0.05) is 57.7 Å². The summed E-state index contributed by atoms with van der Waals surface area (Å²) in [6.07, 6.45) is -1.90. The molecule has 2 aliphatic rings. The molecule has 1 unspecified atom stereocenters. The number of aliphatic carboxylic acids is 2. The molecule has 0 spiro atoms. The molecular weight excluding hydrogens is 528 g/mol. The number of hydrogen-bond donors (Lipinski definition) is 2. The average Bonchev–Trinajstić information content (AvgIpc) is 3.46. The molecule has 210 valence electrons. The highest BCUT2D eigenvalue weighted by atomic mass is 19.4. The van der Waals surface area contributed by atoms with Crippen molar-refractivity contribution in [3.05, 3.63) is 48.0 Å². The lowest BCUT2D eigenvalue weighted by Crippen LogP contribution is -2.39. The summed E-state index contributed by atoms with van der Waals surface area (Å²) in [5, 5.41) is 18.8. The van der Waals surface area contributed by atoms with Crippen LogP contribution < -0.4 is 0 Å². The van der Waals surface area contributed by atoms with Crippen LogP contribution in [0.2, 0.25) is 0 Å². The van der Waals surface area contributed by atoms with E-state index in [0.717, 1.165) is 45.6 Å². The Balaban J connectivity index is 0.000000301. The number of likely N-dealkylation sites (tertiary alicyclic amines) is 1. The van der Waals surface area contributed by atoms with Gasteiger partial charge in [-0.15, -0.1) is 0 Å². The number of hydrogen-bond acceptors (Lipinski definition) is 6. The van der Waals surface area contributed by atoms with Crippen LogP contribution in [0.1, 0.15) is 36.6 Å². The molecule has 2 aromatic rings. The molecular formula is C22H25F6N5O5. The number of carbonyl (C=O) groups excluding carboxylic acids is 1. The Morgan fingerprint density at radius 2 is 1.55 bits per heavy atom. The van der Waals surface area contributed by atoms with Crippen LogP contribution in [0.15, 0.2) is 36.8 Å². The third kappa shape index (κ3) is 9.64. The molecule has 2 aliphatic heterocycles. The van der Waals surface area contributed by atoms with E-state index in [1.807, 2.05) is 23.5 Å². The summed E-state index contributed by atoms with van der Waals surface area (Å²) in [7, 11) is 0. The van der Waals surface area contributed by atoms with Crippen LogP contribution in [0.25, 0.3) is 0 Å². The zero-order valence-corrected chi connectivity index (χ0v) is 19.8. The highest BCUT2D eigenvalue weighted by Crippen LogP contribution is 2.25. The normalized spacial score (nSPS) is 17.6. The van der Waals surface area contributed by atoms with E-state index in [9.17, 15) is 31.1 Å². The molecule has 16 heteroatoms. The summed E-state index contributed by atoms with van der Waals surface area (Å²) >= 11 is 0. The minimum Gasteiger partial charge on any atom is -0.475 e. The number of amides is 1. The maximum absolute atomic E-state index is 11.8. The summed E-state index contributed by atoms with van der Waals surface area (Å²) in [5.74, 6) is -5.21. The quantitative estimate of drug-likeness (QED) is 0.541. The minimum atomic E-state index is -5.08. The van der Waals surface area contributed by atoms with Crippen molar-refractivity contribution in [1.82, 2.24) is 24.6 Å². The number of halogens is 6. The van der Waals surface area contributed by atoms with Crippen LogP contribution in [0.3, 0.4) is 0 Å². The first kappa shape index (κ1) is 30.5. The van der Waals surface area contributed by atoms with Crippen molar-refractivity contribution in [2.24, 2.45) is 0 Å². The number of aromatic nitrogens is 3. The zero-order valence-electron chi connectivity index (χ0n) is 19.8. The van der Waals surface area contributed by atoms with Gasteiger partial charge in [-0.3, -0.25) is 19.4 Å². The van der Waals surface area contributed by atoms with Crippen molar-refractivity contribution < 1.29 is 50.9 Å². The molecule has 0 aliphatic carbocycles. The summed E-state index contributed by atoms with van der Waals surface area (Å²) in [4.78, 5) is 38.2. The van der Waals surface area contributed by atoms with E-state index in [4.69, 9.17) is 19.8 Å². The third-order valence-corrected chi connectivity index (χ3v) is 5.50. The predicted octanol–water partition coefficient (Wildman–Crippen LogP) is 3.11. The van der Waals surface area contributed by atoms with Gasteiger partial charge in [-0.25, -0.2) is 9.59 Å². The smallest absolute Gasteiger partial charge is 0.475 e. The topological polar surface area (TPSA) is 129 Å². The molecule has 4 heterocycles. The molecule has 1 saturated heterocycles. The first-order valence-corrected chi connectivity index (χ1v) is 11.2. The highest BCUT2D eigenvalue weighted by Gasteiger charge is 2.39. The molecule has 10 nitrogen and oxygen atoms in total. The number of pyridine rings is 1. The van der Waals surface area contributed by atoms with Crippen LogP contribution in [0.4, 0.5) is 26.3 Å². The molecule has 0 saturated carbocycles. The fraction of sp³-hybridized carbons (Fsp3) is 0.500. The molecule has 1 amide bonds. The second kappa shape index (κ2) is 13.2. The van der Waals surface area contributed by atoms with E-state index in [-0.39, 0.29) is 0 Å². The molecule has 4 rings (SSSR count). The van der Waals surface area contributed by atoms with E-state index < -0.39 is 24.3 Å². The Kier molecular flexibility index (Phi) is 10.6. The maximum atomic E-state index is 11.8. The monoisotopic (exact) mass is 553 g/mol. The lowest BCUT2D eigenvalue weighted by molar-refractivity contribution is -0.193. The Morgan fingerprint density at radius 1 is 0.974 bits per heavy atom. The van der Waals surface area contributed by atoms with Gasteiger partial charge in [0.15, 0.2) is 0 Å². The Bertz CT molecular complexity index is 1050.